The van der Waals surface area contributed by atoms with Crippen LogP contribution >= 0.6 is 0 Å². The number of hydrogen-bond donors (Lipinski definition) is 5. The minimum Gasteiger partial charge on any atom is -0.492 e. The number of nitrogens with one attached hydrogen (secondary N) is 5. The van der Waals surface area contributed by atoms with E-state index < -0.39 is 45.2 Å². The van der Waals surface area contributed by atoms with Gasteiger partial charge in [-0.1, -0.05) is 6.07 Å². The number of piperidine rings is 3. The summed E-state index contributed by atoms with van der Waals surface area (Å²) in [5.74, 6) is 0.326. The summed E-state index contributed by atoms with van der Waals surface area (Å²) >= 11 is 0. The lowest BCUT2D eigenvalue weighted by Gasteiger charge is -2.38. The Bertz CT molecular complexity index is 2540. The Morgan fingerprint density at radius 1 is 0.831 bits per heavy atom. The van der Waals surface area contributed by atoms with Gasteiger partial charge in [-0.05, 0) is 146 Å². The second kappa shape index (κ2) is 19.3. The first kappa shape index (κ1) is 45.6. The molecule has 4 aliphatic rings. The van der Waals surface area contributed by atoms with Gasteiger partial charge in [0.2, 0.25) is 27.8 Å². The second-order valence-corrected chi connectivity index (χ2v) is 20.1. The number of likely N-dealkylation sites (tertiary alicyclic amines) is 2. The number of benzene rings is 3. The van der Waals surface area contributed by atoms with Gasteiger partial charge in [0.15, 0.2) is 0 Å². The van der Waals surface area contributed by atoms with Crippen molar-refractivity contribution in [2.45, 2.75) is 88.7 Å². The predicted octanol–water partition coefficient (Wildman–Crippen LogP) is 5.42. The number of aromatic nitrogens is 2. The fraction of sp³-hybridized carbons (Fsp3) is 0.447. The molecule has 3 saturated heterocycles. The van der Waals surface area contributed by atoms with Gasteiger partial charge in [0, 0.05) is 66.5 Å². The van der Waals surface area contributed by atoms with Crippen LogP contribution < -0.4 is 30.7 Å². The molecule has 0 saturated carbocycles. The van der Waals surface area contributed by atoms with Gasteiger partial charge in [-0.2, -0.15) is 4.98 Å². The number of carbonyl (C=O) groups is 4. The summed E-state index contributed by atoms with van der Waals surface area (Å²) in [6.45, 7) is 13.7. The maximum atomic E-state index is 13.3. The lowest BCUT2D eigenvalue weighted by atomic mass is 9.94. The first-order valence-corrected chi connectivity index (χ1v) is 23.9. The van der Waals surface area contributed by atoms with Crippen LogP contribution in [0.5, 0.6) is 5.75 Å². The van der Waals surface area contributed by atoms with Gasteiger partial charge in [0.25, 0.3) is 11.8 Å². The number of rotatable bonds is 15. The monoisotopic (exact) mass is 906 g/mol. The molecule has 5 heterocycles. The first-order valence-electron chi connectivity index (χ1n) is 22.4. The zero-order chi connectivity index (χ0) is 45.9. The third-order valence-corrected chi connectivity index (χ3v) is 13.9. The number of aryl methyl sites for hydroxylation is 1. The highest BCUT2D eigenvalue weighted by Crippen LogP contribution is 2.31. The number of fused-ring (bicyclic) bond motifs is 1. The fourth-order valence-corrected chi connectivity index (χ4v) is 10.4. The smallest absolute Gasteiger partial charge is 0.262 e. The minimum absolute atomic E-state index is 0.0874. The van der Waals surface area contributed by atoms with Gasteiger partial charge in [0.1, 0.15) is 24.2 Å². The number of anilines is 5. The molecule has 4 aromatic rings. The number of ether oxygens (including phenoxy) is 1. The third kappa shape index (κ3) is 11.3. The third-order valence-electron chi connectivity index (χ3n) is 12.1. The molecule has 344 valence electrons. The minimum atomic E-state index is -3.70. The fourth-order valence-electron chi connectivity index (χ4n) is 8.92. The van der Waals surface area contributed by atoms with Gasteiger partial charge in [0.05, 0.1) is 16.0 Å². The van der Waals surface area contributed by atoms with Crippen LogP contribution in [0, 0.1) is 12.8 Å². The molecule has 17 nitrogen and oxygen atoms in total. The van der Waals surface area contributed by atoms with Crippen molar-refractivity contribution < 1.29 is 32.3 Å². The molecule has 0 bridgehead atoms. The van der Waals surface area contributed by atoms with E-state index in [2.05, 4.69) is 45.8 Å². The Kier molecular flexibility index (Phi) is 13.5. The number of amides is 4. The zero-order valence-corrected chi connectivity index (χ0v) is 38.2. The topological polar surface area (TPSA) is 207 Å². The Morgan fingerprint density at radius 3 is 2.34 bits per heavy atom. The van der Waals surface area contributed by atoms with Crippen LogP contribution in [0.2, 0.25) is 0 Å². The average Bonchev–Trinajstić information content (AvgIpc) is 3.50. The number of nitrogens with zero attached hydrogens (tertiary/aromatic N) is 5. The van der Waals surface area contributed by atoms with Crippen molar-refractivity contribution in [1.29, 1.82) is 0 Å². The number of sulfonamides is 1. The van der Waals surface area contributed by atoms with Crippen molar-refractivity contribution in [3.63, 3.8) is 0 Å². The van der Waals surface area contributed by atoms with E-state index >= 15 is 0 Å². The standard InChI is InChI=1S/C47H58N10O7S/c1-30-27-48-46(53-42(30)50-33-7-5-9-37(25-33)65(62,63)54-47(2,3)4)51-32-10-13-36(14-11-32)64-24-23-55-21-18-31(19-22-55)28-56-20-6-8-35(29-56)49-34-12-15-38-39(26-34)45(61)57(44(38)60)40-16-17-41(58)52-43(40)59/h5,7,9-15,25-27,31,35,40,49,54H,6,8,16-24,28-29H2,1-4H3,(H,52,58,59)(H2,48,50,51,53)/t35-,40?/m1/s1. The van der Waals surface area contributed by atoms with Crippen LogP contribution in [0.15, 0.2) is 77.8 Å². The summed E-state index contributed by atoms with van der Waals surface area (Å²) in [6.07, 6.45) is 6.25. The van der Waals surface area contributed by atoms with Crippen molar-refractivity contribution in [3.05, 3.63) is 89.6 Å². The van der Waals surface area contributed by atoms with E-state index in [1.165, 1.54) is 0 Å². The molecule has 3 aromatic carbocycles. The molecular formula is C47H58N10O7S. The number of hydrogen-bond acceptors (Lipinski definition) is 14. The molecule has 4 aliphatic heterocycles. The Balaban J connectivity index is 0.751. The maximum Gasteiger partial charge on any atom is 0.262 e. The van der Waals surface area contributed by atoms with E-state index in [1.54, 1.807) is 63.4 Å². The largest absolute Gasteiger partial charge is 0.492 e. The lowest BCUT2D eigenvalue weighted by Crippen LogP contribution is -2.54. The highest BCUT2D eigenvalue weighted by atomic mass is 32.2. The average molecular weight is 907 g/mol. The second-order valence-electron chi connectivity index (χ2n) is 18.5. The van der Waals surface area contributed by atoms with E-state index in [1.807, 2.05) is 37.3 Å². The summed E-state index contributed by atoms with van der Waals surface area (Å²) in [7, 11) is -3.70. The molecule has 5 N–H and O–H groups in total. The highest BCUT2D eigenvalue weighted by Gasteiger charge is 2.44. The van der Waals surface area contributed by atoms with Crippen LogP contribution in [-0.2, 0) is 19.6 Å². The Hall–Kier alpha value is -5.95. The van der Waals surface area contributed by atoms with Gasteiger partial charge >= 0.3 is 0 Å². The molecule has 18 heteroatoms. The lowest BCUT2D eigenvalue weighted by molar-refractivity contribution is -0.136. The summed E-state index contributed by atoms with van der Waals surface area (Å²) < 4.78 is 34.6. The van der Waals surface area contributed by atoms with E-state index in [0.29, 0.717) is 30.0 Å². The predicted molar refractivity (Wildman–Crippen MR) is 247 cm³/mol. The van der Waals surface area contributed by atoms with Crippen molar-refractivity contribution in [3.8, 4) is 5.75 Å². The quantitative estimate of drug-likeness (QED) is 0.0946. The SMILES string of the molecule is Cc1cnc(Nc2ccc(OCCN3CCC(CN4CCC[C@@H](Nc5ccc6c(c5)C(=O)N(C5CCC(=O)NC5=O)C6=O)C4)CC3)cc2)nc1Nc1cccc(S(=O)(=O)NC(C)(C)C)c1. The van der Waals surface area contributed by atoms with E-state index in [9.17, 15) is 27.6 Å². The molecular weight excluding hydrogens is 849 g/mol. The van der Waals surface area contributed by atoms with Crippen LogP contribution in [0.4, 0.5) is 28.8 Å². The summed E-state index contributed by atoms with van der Waals surface area (Å²) in [6, 6.07) is 18.7. The highest BCUT2D eigenvalue weighted by molar-refractivity contribution is 7.89. The van der Waals surface area contributed by atoms with Crippen LogP contribution in [0.1, 0.15) is 85.6 Å². The molecule has 1 aromatic heterocycles. The molecule has 0 aliphatic carbocycles. The molecule has 4 amide bonds. The van der Waals surface area contributed by atoms with Gasteiger partial charge in [-0.15, -0.1) is 0 Å². The molecule has 65 heavy (non-hydrogen) atoms. The Morgan fingerprint density at radius 2 is 1.58 bits per heavy atom. The summed E-state index contributed by atoms with van der Waals surface area (Å²) in [5, 5.41) is 12.3. The first-order chi connectivity index (χ1) is 31.1. The summed E-state index contributed by atoms with van der Waals surface area (Å²) in [5.41, 5.74) is 2.91. The Labute approximate surface area is 380 Å². The normalized spacial score (nSPS) is 20.1. The summed E-state index contributed by atoms with van der Waals surface area (Å²) in [4.78, 5) is 65.8. The number of carbonyl (C=O) groups excluding carboxylic acids is 4. The molecule has 0 spiro atoms. The van der Waals surface area contributed by atoms with E-state index in [0.717, 1.165) is 92.5 Å². The molecule has 8 rings (SSSR count). The molecule has 2 atom stereocenters. The molecule has 3 fully saturated rings. The maximum absolute atomic E-state index is 13.3. The van der Waals surface area contributed by atoms with Gasteiger partial charge in [-0.25, -0.2) is 18.1 Å². The van der Waals surface area contributed by atoms with Crippen LogP contribution in [-0.4, -0.2) is 120 Å². The molecule has 1 unspecified atom stereocenters. The van der Waals surface area contributed by atoms with Crippen molar-refractivity contribution in [2.75, 3.05) is 61.8 Å². The molecule has 0 radical (unpaired) electrons. The van der Waals surface area contributed by atoms with E-state index in [4.69, 9.17) is 4.74 Å². The van der Waals surface area contributed by atoms with Gasteiger partial charge < -0.3 is 25.6 Å². The number of imide groups is 2. The van der Waals surface area contributed by atoms with Gasteiger partial charge in [-0.3, -0.25) is 34.3 Å². The van der Waals surface area contributed by atoms with Crippen molar-refractivity contribution in [1.82, 2.24) is 34.7 Å². The van der Waals surface area contributed by atoms with Crippen LogP contribution in [0.25, 0.3) is 0 Å². The zero-order valence-electron chi connectivity index (χ0n) is 37.4. The van der Waals surface area contributed by atoms with Crippen molar-refractivity contribution >= 4 is 62.5 Å². The van der Waals surface area contributed by atoms with E-state index in [-0.39, 0.29) is 34.9 Å². The van der Waals surface area contributed by atoms with Crippen LogP contribution in [0.3, 0.4) is 0 Å². The van der Waals surface area contributed by atoms with Crippen molar-refractivity contribution in [2.24, 2.45) is 5.92 Å².